The molecule has 1 aliphatic rings. The van der Waals surface area contributed by atoms with Crippen molar-refractivity contribution in [2.75, 3.05) is 5.73 Å². The summed E-state index contributed by atoms with van der Waals surface area (Å²) in [5, 5.41) is 11.5. The van der Waals surface area contributed by atoms with Gasteiger partial charge in [-0.1, -0.05) is 11.1 Å². The average Bonchev–Trinajstić information content (AvgIpc) is 2.71. The van der Waals surface area contributed by atoms with Gasteiger partial charge in [0.05, 0.1) is 17.6 Å². The summed E-state index contributed by atoms with van der Waals surface area (Å²) in [4.78, 5) is 42.6. The Bertz CT molecular complexity index is 806. The lowest BCUT2D eigenvalue weighted by atomic mass is 9.96. The van der Waals surface area contributed by atoms with E-state index in [-0.39, 0.29) is 17.2 Å². The fraction of sp³-hybridized carbons (Fsp3) is 0.143. The lowest BCUT2D eigenvalue weighted by molar-refractivity contribution is -0.192. The quantitative estimate of drug-likeness (QED) is 0.459. The second-order valence-electron chi connectivity index (χ2n) is 4.88. The van der Waals surface area contributed by atoms with E-state index < -0.39 is 23.8 Å². The largest absolute Gasteiger partial charge is 0.399 e. The van der Waals surface area contributed by atoms with Crippen molar-refractivity contribution in [1.29, 1.82) is 0 Å². The summed E-state index contributed by atoms with van der Waals surface area (Å²) >= 11 is 0. The molecule has 1 aliphatic heterocycles. The van der Waals surface area contributed by atoms with Crippen molar-refractivity contribution >= 4 is 34.9 Å². The molecule has 1 unspecified atom stereocenters. The molecular formula is C14H11N3O5. The number of nitrogen functional groups attached to an aromatic ring is 1. The lowest BCUT2D eigenvalue weighted by Gasteiger charge is -2.19. The van der Waals surface area contributed by atoms with Gasteiger partial charge in [-0.25, -0.2) is 4.98 Å². The van der Waals surface area contributed by atoms with Crippen LogP contribution >= 0.6 is 0 Å². The first-order valence-corrected chi connectivity index (χ1v) is 6.32. The van der Waals surface area contributed by atoms with Gasteiger partial charge in [0, 0.05) is 11.1 Å². The first-order valence-electron chi connectivity index (χ1n) is 6.32. The zero-order chi connectivity index (χ0) is 15.9. The monoisotopic (exact) mass is 301 g/mol. The number of aliphatic hydroxyl groups is 1. The summed E-state index contributed by atoms with van der Waals surface area (Å²) in [6, 6.07) is 8.02. The Morgan fingerprint density at radius 1 is 1.32 bits per heavy atom. The average molecular weight is 301 g/mol. The number of hydrogen-bond acceptors (Lipinski definition) is 7. The maximum atomic E-state index is 12.1. The number of imide groups is 1. The van der Waals surface area contributed by atoms with E-state index >= 15 is 0 Å². The van der Waals surface area contributed by atoms with Gasteiger partial charge in [0.2, 0.25) is 0 Å². The summed E-state index contributed by atoms with van der Waals surface area (Å²) in [6.45, 7) is -0.0574. The molecule has 0 bridgehead atoms. The summed E-state index contributed by atoms with van der Waals surface area (Å²) < 4.78 is 0. The highest BCUT2D eigenvalue weighted by atomic mass is 16.7. The fourth-order valence-electron chi connectivity index (χ4n) is 2.37. The van der Waals surface area contributed by atoms with Crippen LogP contribution in [-0.2, 0) is 24.8 Å². The van der Waals surface area contributed by atoms with Crippen LogP contribution in [0.2, 0.25) is 0 Å². The Kier molecular flexibility index (Phi) is 3.03. The second kappa shape index (κ2) is 4.78. The molecule has 1 aromatic carbocycles. The van der Waals surface area contributed by atoms with Gasteiger partial charge in [-0.15, -0.1) is 0 Å². The van der Waals surface area contributed by atoms with Gasteiger partial charge in [-0.2, -0.15) is 0 Å². The number of nitrogens with two attached hydrogens (primary N) is 1. The molecule has 0 aliphatic carbocycles. The zero-order valence-electron chi connectivity index (χ0n) is 11.2. The number of rotatable bonds is 3. The number of pyridine rings is 1. The van der Waals surface area contributed by atoms with E-state index in [2.05, 4.69) is 9.82 Å². The van der Waals surface area contributed by atoms with Crippen molar-refractivity contribution in [2.45, 2.75) is 12.0 Å². The maximum Gasteiger partial charge on any atom is 0.321 e. The Morgan fingerprint density at radius 2 is 2.09 bits per heavy atom. The molecule has 2 heterocycles. The van der Waals surface area contributed by atoms with E-state index in [0.717, 1.165) is 5.39 Å². The topological polar surface area (TPSA) is 123 Å². The third-order valence-corrected chi connectivity index (χ3v) is 3.46. The summed E-state index contributed by atoms with van der Waals surface area (Å²) in [5.74, 6) is -1.87. The summed E-state index contributed by atoms with van der Waals surface area (Å²) in [5.41, 5.74) is 4.58. The zero-order valence-corrected chi connectivity index (χ0v) is 11.2. The maximum absolute atomic E-state index is 12.1. The number of nitrogens with zero attached hydrogens (tertiary/aromatic N) is 2. The van der Waals surface area contributed by atoms with Crippen LogP contribution in [-0.4, -0.2) is 33.4 Å². The van der Waals surface area contributed by atoms with Gasteiger partial charge in [0.1, 0.15) is 0 Å². The smallest absolute Gasteiger partial charge is 0.321 e. The van der Waals surface area contributed by atoms with Gasteiger partial charge in [-0.05, 0) is 24.3 Å². The van der Waals surface area contributed by atoms with Crippen molar-refractivity contribution < 1.29 is 24.3 Å². The van der Waals surface area contributed by atoms with E-state index in [1.165, 1.54) is 6.07 Å². The molecular weight excluding hydrogens is 290 g/mol. The number of hydrogen-bond donors (Lipinski definition) is 2. The van der Waals surface area contributed by atoms with Crippen LogP contribution in [0, 0.1) is 0 Å². The molecule has 0 radical (unpaired) electrons. The van der Waals surface area contributed by atoms with Crippen LogP contribution in [0.4, 0.5) is 5.69 Å². The summed E-state index contributed by atoms with van der Waals surface area (Å²) in [6.07, 6.45) is -0.548. The lowest BCUT2D eigenvalue weighted by Crippen LogP contribution is -2.38. The van der Waals surface area contributed by atoms with Crippen LogP contribution in [0.3, 0.4) is 0 Å². The molecule has 3 N–H and O–H groups in total. The molecule has 2 aromatic rings. The Labute approximate surface area is 124 Å². The van der Waals surface area contributed by atoms with E-state index in [0.29, 0.717) is 11.2 Å². The predicted molar refractivity (Wildman–Crippen MR) is 73.7 cm³/mol. The number of fused-ring (bicyclic) bond motifs is 1. The number of anilines is 1. The third kappa shape index (κ3) is 1.97. The molecule has 3 rings (SSSR count). The summed E-state index contributed by atoms with van der Waals surface area (Å²) in [7, 11) is 0. The van der Waals surface area contributed by atoms with E-state index in [4.69, 9.17) is 5.73 Å². The van der Waals surface area contributed by atoms with Crippen molar-refractivity contribution in [3.05, 3.63) is 36.0 Å². The van der Waals surface area contributed by atoms with Crippen LogP contribution in [0.25, 0.3) is 10.9 Å². The minimum Gasteiger partial charge on any atom is -0.399 e. The number of carbonyl (C=O) groups is 3. The van der Waals surface area contributed by atoms with Crippen LogP contribution < -0.4 is 5.73 Å². The highest BCUT2D eigenvalue weighted by Crippen LogP contribution is 2.34. The normalized spacial score (nSPS) is 21.4. The molecule has 22 heavy (non-hydrogen) atoms. The third-order valence-electron chi connectivity index (χ3n) is 3.46. The highest BCUT2D eigenvalue weighted by Gasteiger charge is 2.54. The Morgan fingerprint density at radius 3 is 2.82 bits per heavy atom. The number of carbonyl (C=O) groups excluding carboxylic acids is 3. The number of amides is 2. The Hall–Kier alpha value is -3.00. The van der Waals surface area contributed by atoms with Gasteiger partial charge >= 0.3 is 12.4 Å². The first kappa shape index (κ1) is 14.0. The molecule has 1 atom stereocenters. The molecule has 0 spiro atoms. The van der Waals surface area contributed by atoms with E-state index in [9.17, 15) is 19.5 Å². The molecule has 8 nitrogen and oxygen atoms in total. The molecule has 0 saturated carbocycles. The van der Waals surface area contributed by atoms with Crippen molar-refractivity contribution in [2.24, 2.45) is 0 Å². The van der Waals surface area contributed by atoms with Crippen molar-refractivity contribution in [1.82, 2.24) is 10.0 Å². The molecule has 1 fully saturated rings. The molecule has 112 valence electrons. The van der Waals surface area contributed by atoms with Gasteiger partial charge in [0.25, 0.3) is 5.91 Å². The minimum absolute atomic E-state index is 0.000111. The minimum atomic E-state index is -2.16. The number of hydroxylamine groups is 2. The molecule has 1 aromatic heterocycles. The molecule has 8 heteroatoms. The van der Waals surface area contributed by atoms with Crippen LogP contribution in [0.5, 0.6) is 0 Å². The molecule has 1 saturated heterocycles. The SMILES string of the molecule is Nc1ccc2nc(C3(O)CC(=O)N(OC=O)C3=O)ccc2c1. The van der Waals surface area contributed by atoms with Crippen LogP contribution in [0.15, 0.2) is 30.3 Å². The van der Waals surface area contributed by atoms with E-state index in [1.807, 2.05) is 0 Å². The number of benzene rings is 1. The van der Waals surface area contributed by atoms with Crippen LogP contribution in [0.1, 0.15) is 12.1 Å². The second-order valence-corrected chi connectivity index (χ2v) is 4.88. The predicted octanol–water partition coefficient (Wildman–Crippen LogP) is -0.149. The van der Waals surface area contributed by atoms with Crippen molar-refractivity contribution in [3.63, 3.8) is 0 Å². The van der Waals surface area contributed by atoms with E-state index in [1.54, 1.807) is 24.3 Å². The highest BCUT2D eigenvalue weighted by molar-refractivity contribution is 6.07. The van der Waals surface area contributed by atoms with Gasteiger partial charge in [0.15, 0.2) is 5.60 Å². The standard InChI is InChI=1S/C14H11N3O5/c15-9-2-3-10-8(5-9)1-4-11(16-10)14(21)6-12(19)17(13(14)20)22-7-18/h1-5,7,21H,6,15H2. The molecule has 2 amide bonds. The number of aromatic nitrogens is 1. The fourth-order valence-corrected chi connectivity index (χ4v) is 2.37. The van der Waals surface area contributed by atoms with Gasteiger partial charge in [-0.3, -0.25) is 14.4 Å². The van der Waals surface area contributed by atoms with Gasteiger partial charge < -0.3 is 15.7 Å². The van der Waals surface area contributed by atoms with Crippen molar-refractivity contribution in [3.8, 4) is 0 Å². The Balaban J connectivity index is 2.06. The first-order chi connectivity index (χ1) is 10.5.